The van der Waals surface area contributed by atoms with Crippen LogP contribution in [0.25, 0.3) is 10.9 Å². The lowest BCUT2D eigenvalue weighted by Gasteiger charge is -2.33. The number of benzene rings is 2. The first-order valence-electron chi connectivity index (χ1n) is 12.5. The molecule has 0 amide bonds. The number of aromatic nitrogens is 5. The SMILES string of the molecule is CC[C@@H](c1nnnn1C(C)(C)CC)N(CCc1ccccc1)Cc1cc2ccc(C)cc2[nH]c1=O. The molecule has 0 spiro atoms. The summed E-state index contributed by atoms with van der Waals surface area (Å²) in [5.74, 6) is 0.847. The first-order chi connectivity index (χ1) is 16.8. The van der Waals surface area contributed by atoms with Crippen LogP contribution in [0.15, 0.2) is 59.4 Å². The van der Waals surface area contributed by atoms with Gasteiger partial charge in [0.05, 0.1) is 11.6 Å². The van der Waals surface area contributed by atoms with Gasteiger partial charge in [0.1, 0.15) is 0 Å². The largest absolute Gasteiger partial charge is 0.322 e. The molecule has 0 saturated heterocycles. The van der Waals surface area contributed by atoms with Crippen molar-refractivity contribution in [3.8, 4) is 0 Å². The normalized spacial score (nSPS) is 13.0. The predicted molar refractivity (Wildman–Crippen MR) is 140 cm³/mol. The Bertz CT molecular complexity index is 1320. The first kappa shape index (κ1) is 24.8. The van der Waals surface area contributed by atoms with Crippen LogP contribution in [0.3, 0.4) is 0 Å². The molecule has 0 aliphatic carbocycles. The summed E-state index contributed by atoms with van der Waals surface area (Å²) >= 11 is 0. The Labute approximate surface area is 207 Å². The van der Waals surface area contributed by atoms with Gasteiger partial charge in [-0.3, -0.25) is 9.69 Å². The molecule has 4 rings (SSSR count). The summed E-state index contributed by atoms with van der Waals surface area (Å²) in [7, 11) is 0. The number of tetrazole rings is 1. The highest BCUT2D eigenvalue weighted by atomic mass is 16.1. The molecule has 35 heavy (non-hydrogen) atoms. The predicted octanol–water partition coefficient (Wildman–Crippen LogP) is 5.16. The van der Waals surface area contributed by atoms with E-state index in [1.54, 1.807) is 0 Å². The van der Waals surface area contributed by atoms with E-state index in [4.69, 9.17) is 0 Å². The molecule has 2 heterocycles. The smallest absolute Gasteiger partial charge is 0.252 e. The zero-order chi connectivity index (χ0) is 25.0. The quantitative estimate of drug-likeness (QED) is 0.345. The third kappa shape index (κ3) is 5.51. The molecule has 1 atom stereocenters. The summed E-state index contributed by atoms with van der Waals surface area (Å²) in [6.07, 6.45) is 2.62. The number of nitrogens with one attached hydrogen (secondary N) is 1. The molecule has 2 aromatic carbocycles. The average molecular weight is 473 g/mol. The van der Waals surface area contributed by atoms with E-state index in [0.717, 1.165) is 53.7 Å². The fraction of sp³-hybridized carbons (Fsp3) is 0.429. The lowest BCUT2D eigenvalue weighted by atomic mass is 10.0. The molecule has 184 valence electrons. The van der Waals surface area contributed by atoms with Crippen LogP contribution in [0.4, 0.5) is 0 Å². The zero-order valence-electron chi connectivity index (χ0n) is 21.5. The van der Waals surface area contributed by atoms with Gasteiger partial charge < -0.3 is 4.98 Å². The third-order valence-electron chi connectivity index (χ3n) is 7.04. The number of nitrogens with zero attached hydrogens (tertiary/aromatic N) is 5. The van der Waals surface area contributed by atoms with E-state index >= 15 is 0 Å². The number of aromatic amines is 1. The van der Waals surface area contributed by atoms with Crippen molar-refractivity contribution in [1.29, 1.82) is 0 Å². The molecule has 1 N–H and O–H groups in total. The Hall–Kier alpha value is -3.32. The van der Waals surface area contributed by atoms with Crippen molar-refractivity contribution in [2.75, 3.05) is 6.54 Å². The number of hydrogen-bond acceptors (Lipinski definition) is 5. The molecular weight excluding hydrogens is 436 g/mol. The van der Waals surface area contributed by atoms with Gasteiger partial charge in [-0.05, 0) is 79.1 Å². The van der Waals surface area contributed by atoms with Crippen LogP contribution < -0.4 is 5.56 Å². The molecule has 0 aliphatic rings. The van der Waals surface area contributed by atoms with E-state index < -0.39 is 0 Å². The minimum Gasteiger partial charge on any atom is -0.322 e. The van der Waals surface area contributed by atoms with Gasteiger partial charge in [-0.1, -0.05) is 56.3 Å². The maximum Gasteiger partial charge on any atom is 0.252 e. The van der Waals surface area contributed by atoms with Crippen LogP contribution in [0.2, 0.25) is 0 Å². The van der Waals surface area contributed by atoms with E-state index in [1.165, 1.54) is 5.56 Å². The van der Waals surface area contributed by atoms with E-state index in [9.17, 15) is 4.79 Å². The number of rotatable bonds is 10. The second kappa shape index (κ2) is 10.5. The molecule has 0 unspecified atom stereocenters. The van der Waals surface area contributed by atoms with E-state index in [2.05, 4.69) is 89.5 Å². The highest BCUT2D eigenvalue weighted by Crippen LogP contribution is 2.29. The van der Waals surface area contributed by atoms with Gasteiger partial charge in [-0.15, -0.1) is 5.10 Å². The van der Waals surface area contributed by atoms with Crippen molar-refractivity contribution < 1.29 is 0 Å². The van der Waals surface area contributed by atoms with Crippen molar-refractivity contribution in [3.63, 3.8) is 0 Å². The number of H-pyrrole nitrogens is 1. The summed E-state index contributed by atoms with van der Waals surface area (Å²) in [5, 5.41) is 13.9. The lowest BCUT2D eigenvalue weighted by Crippen LogP contribution is -2.37. The zero-order valence-corrected chi connectivity index (χ0v) is 21.5. The van der Waals surface area contributed by atoms with Crippen LogP contribution >= 0.6 is 0 Å². The van der Waals surface area contributed by atoms with Crippen LogP contribution in [-0.4, -0.2) is 36.6 Å². The van der Waals surface area contributed by atoms with Crippen LogP contribution in [0.1, 0.15) is 69.1 Å². The molecule has 7 heteroatoms. The van der Waals surface area contributed by atoms with Crippen molar-refractivity contribution in [2.24, 2.45) is 0 Å². The summed E-state index contributed by atoms with van der Waals surface area (Å²) in [4.78, 5) is 18.5. The molecular formula is C28H36N6O. The highest BCUT2D eigenvalue weighted by Gasteiger charge is 2.30. The molecule has 7 nitrogen and oxygen atoms in total. The van der Waals surface area contributed by atoms with Crippen molar-refractivity contribution in [1.82, 2.24) is 30.1 Å². The summed E-state index contributed by atoms with van der Waals surface area (Å²) in [5.41, 5.74) is 3.77. The van der Waals surface area contributed by atoms with Crippen LogP contribution in [0, 0.1) is 6.92 Å². The second-order valence-corrected chi connectivity index (χ2v) is 9.96. The lowest BCUT2D eigenvalue weighted by molar-refractivity contribution is 0.160. The van der Waals surface area contributed by atoms with Crippen molar-refractivity contribution in [2.45, 2.75) is 72.0 Å². The van der Waals surface area contributed by atoms with Gasteiger partial charge in [0, 0.05) is 24.2 Å². The Kier molecular flexibility index (Phi) is 7.45. The topological polar surface area (TPSA) is 79.7 Å². The molecule has 0 saturated carbocycles. The summed E-state index contributed by atoms with van der Waals surface area (Å²) < 4.78 is 1.96. The Morgan fingerprint density at radius 3 is 2.57 bits per heavy atom. The minimum absolute atomic E-state index is 0.0207. The van der Waals surface area contributed by atoms with Gasteiger partial charge in [0.15, 0.2) is 5.82 Å². The molecule has 0 aliphatic heterocycles. The fourth-order valence-electron chi connectivity index (χ4n) is 4.55. The van der Waals surface area contributed by atoms with Crippen molar-refractivity contribution >= 4 is 10.9 Å². The number of hydrogen-bond donors (Lipinski definition) is 1. The van der Waals surface area contributed by atoms with Gasteiger partial charge >= 0.3 is 0 Å². The van der Waals surface area contributed by atoms with Crippen LogP contribution in [-0.2, 0) is 18.5 Å². The molecule has 0 fully saturated rings. The van der Waals surface area contributed by atoms with Gasteiger partial charge in [-0.2, -0.15) is 0 Å². The highest BCUT2D eigenvalue weighted by molar-refractivity contribution is 5.79. The molecule has 0 bridgehead atoms. The Morgan fingerprint density at radius 2 is 1.86 bits per heavy atom. The second-order valence-electron chi connectivity index (χ2n) is 9.96. The summed E-state index contributed by atoms with van der Waals surface area (Å²) in [6.45, 7) is 12.0. The van der Waals surface area contributed by atoms with E-state index in [1.807, 2.05) is 29.8 Å². The number of pyridine rings is 1. The first-order valence-corrected chi connectivity index (χ1v) is 12.5. The monoisotopic (exact) mass is 472 g/mol. The minimum atomic E-state index is -0.199. The van der Waals surface area contributed by atoms with Gasteiger partial charge in [-0.25, -0.2) is 4.68 Å². The number of aryl methyl sites for hydroxylation is 1. The average Bonchev–Trinajstić information content (AvgIpc) is 3.34. The Morgan fingerprint density at radius 1 is 1.09 bits per heavy atom. The third-order valence-corrected chi connectivity index (χ3v) is 7.04. The number of fused-ring (bicyclic) bond motifs is 1. The molecule has 4 aromatic rings. The summed E-state index contributed by atoms with van der Waals surface area (Å²) in [6, 6.07) is 18.6. The van der Waals surface area contributed by atoms with E-state index in [0.29, 0.717) is 6.54 Å². The molecule has 2 aromatic heterocycles. The maximum absolute atomic E-state index is 13.1. The van der Waals surface area contributed by atoms with Crippen molar-refractivity contribution in [3.05, 3.63) is 87.5 Å². The maximum atomic E-state index is 13.1. The van der Waals surface area contributed by atoms with Gasteiger partial charge in [0.25, 0.3) is 5.56 Å². The Balaban J connectivity index is 1.72. The molecule has 0 radical (unpaired) electrons. The van der Waals surface area contributed by atoms with Gasteiger partial charge in [0.2, 0.25) is 0 Å². The van der Waals surface area contributed by atoms with Crippen LogP contribution in [0.5, 0.6) is 0 Å². The fourth-order valence-corrected chi connectivity index (χ4v) is 4.55. The van der Waals surface area contributed by atoms with E-state index in [-0.39, 0.29) is 17.1 Å². The standard InChI is InChI=1S/C28H36N6O/c1-6-25(26-30-31-32-34(26)28(4,5)7-2)33(16-15-21-11-9-8-10-12-21)19-23-18-22-14-13-20(3)17-24(22)29-27(23)35/h8-14,17-18,25H,6-7,15-16,19H2,1-5H3,(H,29,35)/t25-/m0/s1.